The highest BCUT2D eigenvalue weighted by atomic mass is 32.2. The van der Waals surface area contributed by atoms with Crippen LogP contribution in [0.4, 0.5) is 0 Å². The maximum absolute atomic E-state index is 11.9. The fourth-order valence-electron chi connectivity index (χ4n) is 2.10. The average molecular weight is 344 g/mol. The number of carbonyl (C=O) groups is 2. The fourth-order valence-corrected chi connectivity index (χ4v) is 4.31. The highest BCUT2D eigenvalue weighted by Gasteiger charge is 2.29. The maximum Gasteiger partial charge on any atom is 0.341 e. The number of thioether (sulfide) groups is 1. The van der Waals surface area contributed by atoms with E-state index in [-0.39, 0.29) is 11.5 Å². The van der Waals surface area contributed by atoms with E-state index < -0.39 is 34.4 Å². The van der Waals surface area contributed by atoms with Crippen LogP contribution in [-0.2, 0) is 19.4 Å². The zero-order valence-electron chi connectivity index (χ0n) is 11.9. The van der Waals surface area contributed by atoms with Crippen LogP contribution in [-0.4, -0.2) is 55.7 Å². The Balaban J connectivity index is 1.85. The molecule has 7 nitrogen and oxygen atoms in total. The number of carbonyl (C=O) groups excluding carboxylic acids is 2. The van der Waals surface area contributed by atoms with Crippen molar-refractivity contribution >= 4 is 33.5 Å². The summed E-state index contributed by atoms with van der Waals surface area (Å²) in [4.78, 5) is 27.7. The van der Waals surface area contributed by atoms with Crippen LogP contribution < -0.4 is 5.32 Å². The van der Waals surface area contributed by atoms with Crippen molar-refractivity contribution in [3.63, 3.8) is 0 Å². The number of amides is 1. The number of nitrogens with one attached hydrogen (secondary N) is 1. The topological polar surface area (TPSA) is 102 Å². The van der Waals surface area contributed by atoms with E-state index in [9.17, 15) is 18.0 Å². The molecule has 9 heteroatoms. The molecule has 1 aromatic rings. The molecule has 1 N–H and O–H groups in total. The molecular weight excluding hydrogens is 328 g/mol. The van der Waals surface area contributed by atoms with E-state index in [2.05, 4.69) is 10.3 Å². The Morgan fingerprint density at radius 2 is 2.27 bits per heavy atom. The summed E-state index contributed by atoms with van der Waals surface area (Å²) >= 11 is 1.30. The van der Waals surface area contributed by atoms with Crippen molar-refractivity contribution in [2.45, 2.75) is 17.5 Å². The molecule has 1 amide bonds. The standard InChI is InChI=1S/C13H16N2O5S2/c1-21-12-10(3-2-5-14-12)13(17)20-7-11(16)15-9-4-6-22(18,19)8-9/h2-3,5,9H,4,6-8H2,1H3,(H,15,16)/t9-/m0/s1. The molecule has 2 rings (SSSR count). The molecule has 1 aliphatic heterocycles. The first-order valence-electron chi connectivity index (χ1n) is 6.57. The summed E-state index contributed by atoms with van der Waals surface area (Å²) in [6.07, 6.45) is 3.74. The molecule has 1 saturated heterocycles. The summed E-state index contributed by atoms with van der Waals surface area (Å²) in [6, 6.07) is 2.78. The second-order valence-corrected chi connectivity index (χ2v) is 7.83. The van der Waals surface area contributed by atoms with Gasteiger partial charge in [-0.2, -0.15) is 0 Å². The molecular formula is C13H16N2O5S2. The molecule has 0 aromatic carbocycles. The summed E-state index contributed by atoms with van der Waals surface area (Å²) in [5.74, 6) is -1.13. The fraction of sp³-hybridized carbons (Fsp3) is 0.462. The summed E-state index contributed by atoms with van der Waals surface area (Å²) in [5, 5.41) is 3.08. The van der Waals surface area contributed by atoms with Gasteiger partial charge in [-0.25, -0.2) is 18.2 Å². The van der Waals surface area contributed by atoms with Gasteiger partial charge < -0.3 is 10.1 Å². The predicted octanol–water partition coefficient (Wildman–Crippen LogP) is 0.264. The molecule has 2 heterocycles. The lowest BCUT2D eigenvalue weighted by molar-refractivity contribution is -0.124. The lowest BCUT2D eigenvalue weighted by Crippen LogP contribution is -2.38. The Kier molecular flexibility index (Phi) is 5.41. The third-order valence-electron chi connectivity index (χ3n) is 3.12. The molecule has 0 unspecified atom stereocenters. The number of rotatable bonds is 5. The summed E-state index contributed by atoms with van der Waals surface area (Å²) in [6.45, 7) is -0.446. The molecule has 1 aliphatic rings. The van der Waals surface area contributed by atoms with E-state index in [1.54, 1.807) is 24.6 Å². The van der Waals surface area contributed by atoms with Gasteiger partial charge in [-0.1, -0.05) is 0 Å². The molecule has 1 atom stereocenters. The Labute approximate surface area is 132 Å². The zero-order chi connectivity index (χ0) is 16.2. The van der Waals surface area contributed by atoms with E-state index in [0.29, 0.717) is 17.0 Å². The predicted molar refractivity (Wildman–Crippen MR) is 81.5 cm³/mol. The third kappa shape index (κ3) is 4.44. The van der Waals surface area contributed by atoms with Crippen LogP contribution in [0.5, 0.6) is 0 Å². The molecule has 0 saturated carbocycles. The molecule has 0 radical (unpaired) electrons. The molecule has 120 valence electrons. The van der Waals surface area contributed by atoms with Gasteiger partial charge in [0.25, 0.3) is 5.91 Å². The van der Waals surface area contributed by atoms with Crippen LogP contribution in [0.25, 0.3) is 0 Å². The minimum Gasteiger partial charge on any atom is -0.452 e. The number of nitrogens with zero attached hydrogens (tertiary/aromatic N) is 1. The quantitative estimate of drug-likeness (QED) is 0.604. The Morgan fingerprint density at radius 3 is 2.91 bits per heavy atom. The van der Waals surface area contributed by atoms with Gasteiger partial charge in [0.1, 0.15) is 5.03 Å². The Morgan fingerprint density at radius 1 is 1.50 bits per heavy atom. The summed E-state index contributed by atoms with van der Waals surface area (Å²) < 4.78 is 27.5. The molecule has 0 bridgehead atoms. The van der Waals surface area contributed by atoms with Crippen molar-refractivity contribution in [3.8, 4) is 0 Å². The largest absolute Gasteiger partial charge is 0.452 e. The van der Waals surface area contributed by atoms with Crippen molar-refractivity contribution in [2.75, 3.05) is 24.4 Å². The summed E-state index contributed by atoms with van der Waals surface area (Å²) in [7, 11) is -3.06. The normalized spacial score (nSPS) is 19.6. The number of hydrogen-bond donors (Lipinski definition) is 1. The number of pyridine rings is 1. The minimum absolute atomic E-state index is 0.0636. The minimum atomic E-state index is -3.06. The Bertz CT molecular complexity index is 675. The number of hydrogen-bond acceptors (Lipinski definition) is 7. The second-order valence-electron chi connectivity index (χ2n) is 4.80. The number of sulfone groups is 1. The van der Waals surface area contributed by atoms with Gasteiger partial charge in [-0.15, -0.1) is 11.8 Å². The average Bonchev–Trinajstić information content (AvgIpc) is 2.83. The maximum atomic E-state index is 11.9. The molecule has 22 heavy (non-hydrogen) atoms. The van der Waals surface area contributed by atoms with Gasteiger partial charge >= 0.3 is 5.97 Å². The van der Waals surface area contributed by atoms with E-state index in [1.165, 1.54) is 11.8 Å². The highest BCUT2D eigenvalue weighted by molar-refractivity contribution is 7.98. The van der Waals surface area contributed by atoms with Crippen molar-refractivity contribution in [1.82, 2.24) is 10.3 Å². The third-order valence-corrected chi connectivity index (χ3v) is 5.60. The highest BCUT2D eigenvalue weighted by Crippen LogP contribution is 2.17. The second kappa shape index (κ2) is 7.10. The van der Waals surface area contributed by atoms with Crippen LogP contribution in [0, 0.1) is 0 Å². The first kappa shape index (κ1) is 16.8. The van der Waals surface area contributed by atoms with E-state index >= 15 is 0 Å². The van der Waals surface area contributed by atoms with Crippen LogP contribution in [0.15, 0.2) is 23.4 Å². The van der Waals surface area contributed by atoms with Crippen LogP contribution in [0.2, 0.25) is 0 Å². The molecule has 1 aromatic heterocycles. The van der Waals surface area contributed by atoms with Gasteiger partial charge in [-0.05, 0) is 24.8 Å². The molecule has 0 aliphatic carbocycles. The molecule has 1 fully saturated rings. The van der Waals surface area contributed by atoms with Gasteiger partial charge in [0, 0.05) is 12.2 Å². The zero-order valence-corrected chi connectivity index (χ0v) is 13.6. The first-order valence-corrected chi connectivity index (χ1v) is 9.62. The molecule has 0 spiro atoms. The Hall–Kier alpha value is -1.61. The summed E-state index contributed by atoms with van der Waals surface area (Å²) in [5.41, 5.74) is 0.297. The van der Waals surface area contributed by atoms with Gasteiger partial charge in [0.2, 0.25) is 0 Å². The lowest BCUT2D eigenvalue weighted by Gasteiger charge is -2.11. The van der Waals surface area contributed by atoms with E-state index in [0.717, 1.165) is 0 Å². The smallest absolute Gasteiger partial charge is 0.341 e. The van der Waals surface area contributed by atoms with E-state index in [4.69, 9.17) is 4.74 Å². The number of aromatic nitrogens is 1. The number of ether oxygens (including phenoxy) is 1. The van der Waals surface area contributed by atoms with Crippen LogP contribution >= 0.6 is 11.8 Å². The van der Waals surface area contributed by atoms with Crippen LogP contribution in [0.3, 0.4) is 0 Å². The monoisotopic (exact) mass is 344 g/mol. The van der Waals surface area contributed by atoms with Crippen molar-refractivity contribution in [1.29, 1.82) is 0 Å². The SMILES string of the molecule is CSc1ncccc1C(=O)OCC(=O)N[C@H]1CCS(=O)(=O)C1. The van der Waals surface area contributed by atoms with Crippen molar-refractivity contribution < 1.29 is 22.7 Å². The van der Waals surface area contributed by atoms with Gasteiger partial charge in [0.05, 0.1) is 17.1 Å². The first-order chi connectivity index (χ1) is 10.4. The van der Waals surface area contributed by atoms with Crippen LogP contribution in [0.1, 0.15) is 16.8 Å². The van der Waals surface area contributed by atoms with Gasteiger partial charge in [0.15, 0.2) is 16.4 Å². The number of esters is 1. The van der Waals surface area contributed by atoms with Crippen molar-refractivity contribution in [2.24, 2.45) is 0 Å². The van der Waals surface area contributed by atoms with Gasteiger partial charge in [-0.3, -0.25) is 4.79 Å². The van der Waals surface area contributed by atoms with E-state index in [1.807, 2.05) is 0 Å². The van der Waals surface area contributed by atoms with Crippen molar-refractivity contribution in [3.05, 3.63) is 23.9 Å². The lowest BCUT2D eigenvalue weighted by atomic mass is 10.2.